The largest absolute Gasteiger partial charge is 0.376 e. The van der Waals surface area contributed by atoms with E-state index in [-0.39, 0.29) is 17.7 Å². The van der Waals surface area contributed by atoms with Gasteiger partial charge in [0.15, 0.2) is 5.13 Å². The Morgan fingerprint density at radius 3 is 2.83 bits per heavy atom. The van der Waals surface area contributed by atoms with Crippen LogP contribution in [-0.4, -0.2) is 36.2 Å². The predicted molar refractivity (Wildman–Crippen MR) is 92.5 cm³/mol. The molecular formula is C16H18N4O3S. The molecule has 1 aromatic heterocycles. The molecule has 0 bridgehead atoms. The molecule has 1 aromatic carbocycles. The molecular weight excluding hydrogens is 328 g/mol. The van der Waals surface area contributed by atoms with Crippen molar-refractivity contribution in [3.8, 4) is 0 Å². The summed E-state index contributed by atoms with van der Waals surface area (Å²) in [4.78, 5) is 28.1. The minimum absolute atomic E-state index is 0.0850. The van der Waals surface area contributed by atoms with Crippen LogP contribution in [0.5, 0.6) is 0 Å². The van der Waals surface area contributed by atoms with Gasteiger partial charge in [0.2, 0.25) is 0 Å². The molecule has 0 saturated carbocycles. The molecule has 1 fully saturated rings. The van der Waals surface area contributed by atoms with Crippen molar-refractivity contribution in [3.05, 3.63) is 41.4 Å². The van der Waals surface area contributed by atoms with E-state index in [9.17, 15) is 9.59 Å². The number of hydrogen-bond acceptors (Lipinski definition) is 5. The van der Waals surface area contributed by atoms with Crippen molar-refractivity contribution in [3.63, 3.8) is 0 Å². The summed E-state index contributed by atoms with van der Waals surface area (Å²) in [5, 5.41) is 10.1. The Bertz CT molecular complexity index is 698. The van der Waals surface area contributed by atoms with E-state index in [1.54, 1.807) is 17.5 Å². The fraction of sp³-hybridized carbons (Fsp3) is 0.312. The summed E-state index contributed by atoms with van der Waals surface area (Å²) in [6, 6.07) is 8.69. The second-order valence-corrected chi connectivity index (χ2v) is 6.19. The fourth-order valence-electron chi connectivity index (χ4n) is 2.32. The van der Waals surface area contributed by atoms with Crippen LogP contribution in [-0.2, 0) is 4.74 Å². The highest BCUT2D eigenvalue weighted by Gasteiger charge is 2.18. The molecule has 8 heteroatoms. The number of rotatable bonds is 5. The molecule has 0 aliphatic carbocycles. The lowest BCUT2D eigenvalue weighted by atomic mass is 10.2. The Labute approximate surface area is 143 Å². The lowest BCUT2D eigenvalue weighted by Gasteiger charge is -2.09. The first-order valence-electron chi connectivity index (χ1n) is 7.69. The number of urea groups is 1. The standard InChI is InChI=1S/C16H18N4O3S/c21-14(17-9-12-7-4-8-23-12)13-10-24-16(19-13)20-15(22)18-11-5-2-1-3-6-11/h1-3,5-6,10,12H,4,7-9H2,(H,17,21)(H2,18,19,20,22). The zero-order valence-electron chi connectivity index (χ0n) is 13.0. The number of ether oxygens (including phenoxy) is 1. The summed E-state index contributed by atoms with van der Waals surface area (Å²) in [5.74, 6) is -0.265. The number of nitrogens with one attached hydrogen (secondary N) is 3. The fourth-order valence-corrected chi connectivity index (χ4v) is 3.00. The number of anilines is 2. The maximum absolute atomic E-state index is 12.0. The van der Waals surface area contributed by atoms with Gasteiger partial charge >= 0.3 is 6.03 Å². The highest BCUT2D eigenvalue weighted by Crippen LogP contribution is 2.16. The highest BCUT2D eigenvalue weighted by molar-refractivity contribution is 7.14. The Kier molecular flexibility index (Phi) is 5.39. The maximum atomic E-state index is 12.0. The van der Waals surface area contributed by atoms with Gasteiger partial charge in [-0.2, -0.15) is 0 Å². The van der Waals surface area contributed by atoms with Crippen LogP contribution in [0.1, 0.15) is 23.3 Å². The molecule has 24 heavy (non-hydrogen) atoms. The zero-order chi connectivity index (χ0) is 16.8. The van der Waals surface area contributed by atoms with Crippen molar-refractivity contribution in [1.82, 2.24) is 10.3 Å². The minimum atomic E-state index is -0.401. The van der Waals surface area contributed by atoms with Crippen LogP contribution in [0.2, 0.25) is 0 Å². The smallest absolute Gasteiger partial charge is 0.325 e. The molecule has 0 radical (unpaired) electrons. The van der Waals surface area contributed by atoms with E-state index < -0.39 is 6.03 Å². The first kappa shape index (κ1) is 16.4. The molecule has 7 nitrogen and oxygen atoms in total. The van der Waals surface area contributed by atoms with Gasteiger partial charge < -0.3 is 15.4 Å². The number of para-hydroxylation sites is 1. The van der Waals surface area contributed by atoms with Gasteiger partial charge in [-0.25, -0.2) is 9.78 Å². The minimum Gasteiger partial charge on any atom is -0.376 e. The van der Waals surface area contributed by atoms with E-state index in [4.69, 9.17) is 4.74 Å². The molecule has 1 saturated heterocycles. The zero-order valence-corrected chi connectivity index (χ0v) is 13.8. The molecule has 3 N–H and O–H groups in total. The molecule has 1 atom stereocenters. The van der Waals surface area contributed by atoms with Crippen LogP contribution in [0.4, 0.5) is 15.6 Å². The maximum Gasteiger partial charge on any atom is 0.325 e. The molecule has 3 rings (SSSR count). The number of amides is 3. The number of benzene rings is 1. The molecule has 1 aliphatic heterocycles. The number of aromatic nitrogens is 1. The third kappa shape index (κ3) is 4.53. The van der Waals surface area contributed by atoms with Crippen LogP contribution in [0.25, 0.3) is 0 Å². The third-order valence-electron chi connectivity index (χ3n) is 3.50. The Hall–Kier alpha value is -2.45. The topological polar surface area (TPSA) is 92.4 Å². The summed E-state index contributed by atoms with van der Waals surface area (Å²) in [7, 11) is 0. The SMILES string of the molecule is O=C(Nc1ccccc1)Nc1nc(C(=O)NCC2CCCO2)cs1. The average Bonchev–Trinajstić information content (AvgIpc) is 3.25. The van der Waals surface area contributed by atoms with Gasteiger partial charge in [-0.15, -0.1) is 11.3 Å². The van der Waals surface area contributed by atoms with Gasteiger partial charge in [-0.05, 0) is 25.0 Å². The Balaban J connectivity index is 1.49. The van der Waals surface area contributed by atoms with Crippen LogP contribution < -0.4 is 16.0 Å². The Morgan fingerprint density at radius 1 is 1.25 bits per heavy atom. The van der Waals surface area contributed by atoms with Gasteiger partial charge in [-0.3, -0.25) is 10.1 Å². The second-order valence-electron chi connectivity index (χ2n) is 5.33. The van der Waals surface area contributed by atoms with Crippen LogP contribution in [0.3, 0.4) is 0 Å². The van der Waals surface area contributed by atoms with Gasteiger partial charge in [0.05, 0.1) is 6.10 Å². The van der Waals surface area contributed by atoms with Crippen molar-refractivity contribution in [1.29, 1.82) is 0 Å². The van der Waals surface area contributed by atoms with Crippen molar-refractivity contribution in [2.24, 2.45) is 0 Å². The first-order chi connectivity index (χ1) is 11.7. The summed E-state index contributed by atoms with van der Waals surface area (Å²) in [6.07, 6.45) is 2.08. The van der Waals surface area contributed by atoms with E-state index in [0.29, 0.717) is 17.4 Å². The molecule has 2 heterocycles. The third-order valence-corrected chi connectivity index (χ3v) is 4.26. The lowest BCUT2D eigenvalue weighted by Crippen LogP contribution is -2.32. The van der Waals surface area contributed by atoms with E-state index >= 15 is 0 Å². The van der Waals surface area contributed by atoms with Gasteiger partial charge in [0.1, 0.15) is 5.69 Å². The van der Waals surface area contributed by atoms with E-state index in [1.165, 1.54) is 11.3 Å². The number of nitrogens with zero attached hydrogens (tertiary/aromatic N) is 1. The van der Waals surface area contributed by atoms with Crippen molar-refractivity contribution in [2.45, 2.75) is 18.9 Å². The van der Waals surface area contributed by atoms with Crippen molar-refractivity contribution >= 4 is 34.1 Å². The van der Waals surface area contributed by atoms with Crippen LogP contribution in [0.15, 0.2) is 35.7 Å². The molecule has 1 unspecified atom stereocenters. The molecule has 2 aromatic rings. The number of hydrogen-bond donors (Lipinski definition) is 3. The van der Waals surface area contributed by atoms with Crippen molar-refractivity contribution in [2.75, 3.05) is 23.8 Å². The van der Waals surface area contributed by atoms with Gasteiger partial charge in [0.25, 0.3) is 5.91 Å². The van der Waals surface area contributed by atoms with E-state index in [1.807, 2.05) is 18.2 Å². The Morgan fingerprint density at radius 2 is 2.08 bits per heavy atom. The summed E-state index contributed by atoms with van der Waals surface area (Å²) >= 11 is 1.20. The summed E-state index contributed by atoms with van der Waals surface area (Å²) < 4.78 is 5.46. The number of carbonyl (C=O) groups is 2. The summed E-state index contributed by atoms with van der Waals surface area (Å²) in [6.45, 7) is 1.23. The summed E-state index contributed by atoms with van der Waals surface area (Å²) in [5.41, 5.74) is 0.967. The van der Waals surface area contributed by atoms with Crippen LogP contribution >= 0.6 is 11.3 Å². The van der Waals surface area contributed by atoms with Gasteiger partial charge in [0, 0.05) is 24.2 Å². The van der Waals surface area contributed by atoms with E-state index in [2.05, 4.69) is 20.9 Å². The van der Waals surface area contributed by atoms with E-state index in [0.717, 1.165) is 19.4 Å². The molecule has 126 valence electrons. The quantitative estimate of drug-likeness (QED) is 0.776. The first-order valence-corrected chi connectivity index (χ1v) is 8.57. The van der Waals surface area contributed by atoms with Crippen LogP contribution in [0, 0.1) is 0 Å². The van der Waals surface area contributed by atoms with Crippen molar-refractivity contribution < 1.29 is 14.3 Å². The second kappa shape index (κ2) is 7.89. The molecule has 0 spiro atoms. The number of thiazole rings is 1. The molecule has 3 amide bonds. The molecule has 1 aliphatic rings. The average molecular weight is 346 g/mol. The number of carbonyl (C=O) groups excluding carboxylic acids is 2. The van der Waals surface area contributed by atoms with Gasteiger partial charge in [-0.1, -0.05) is 18.2 Å². The monoisotopic (exact) mass is 346 g/mol. The lowest BCUT2D eigenvalue weighted by molar-refractivity contribution is 0.0854. The highest BCUT2D eigenvalue weighted by atomic mass is 32.1. The predicted octanol–water partition coefficient (Wildman–Crippen LogP) is 2.70. The normalized spacial score (nSPS) is 16.6.